The van der Waals surface area contributed by atoms with Gasteiger partial charge in [0.05, 0.1) is 23.6 Å². The van der Waals surface area contributed by atoms with Crippen molar-refractivity contribution in [2.24, 2.45) is 10.7 Å². The molecule has 1 heterocycles. The highest BCUT2D eigenvalue weighted by Gasteiger charge is 2.36. The number of nitrogens with two attached hydrogens (primary N) is 1. The fraction of sp³-hybridized carbons (Fsp3) is 0.276. The lowest BCUT2D eigenvalue weighted by atomic mass is 9.90. The number of rotatable bonds is 10. The number of aliphatic imine (C=N–C) groups is 1. The van der Waals surface area contributed by atoms with Crippen LogP contribution in [0.25, 0.3) is 0 Å². The molecule has 0 radical (unpaired) electrons. The first-order chi connectivity index (χ1) is 17.5. The smallest absolute Gasteiger partial charge is 0.338 e. The molecule has 0 saturated carbocycles. The fourth-order valence-corrected chi connectivity index (χ4v) is 4.35. The largest absolute Gasteiger partial charge is 0.462 e. The van der Waals surface area contributed by atoms with E-state index in [0.29, 0.717) is 30.1 Å². The molecule has 0 aromatic heterocycles. The van der Waals surface area contributed by atoms with Gasteiger partial charge < -0.3 is 20.7 Å². The molecule has 1 atom stereocenters. The predicted molar refractivity (Wildman–Crippen MR) is 143 cm³/mol. The minimum absolute atomic E-state index is 0.174. The van der Waals surface area contributed by atoms with Crippen LogP contribution < -0.4 is 11.1 Å². The number of carbonyl (C=O) groups is 2. The van der Waals surface area contributed by atoms with Crippen LogP contribution in [0.3, 0.4) is 0 Å². The molecule has 4 rings (SSSR count). The summed E-state index contributed by atoms with van der Waals surface area (Å²) in [6, 6.07) is 23.0. The number of carbonyl (C=O) groups excluding carboxylic acids is 2. The normalized spacial score (nSPS) is 15.1. The Hall–Kier alpha value is -3.81. The van der Waals surface area contributed by atoms with E-state index in [0.717, 1.165) is 36.3 Å². The van der Waals surface area contributed by atoms with Crippen LogP contribution in [-0.2, 0) is 16.1 Å². The number of anilines is 1. The summed E-state index contributed by atoms with van der Waals surface area (Å²) in [5.41, 5.74) is 10.9. The summed E-state index contributed by atoms with van der Waals surface area (Å²) >= 11 is 0. The van der Waals surface area contributed by atoms with E-state index in [9.17, 15) is 9.59 Å². The fourth-order valence-electron chi connectivity index (χ4n) is 4.35. The minimum atomic E-state index is -0.597. The molecule has 186 valence electrons. The summed E-state index contributed by atoms with van der Waals surface area (Å²) in [6.07, 6.45) is 0.964. The van der Waals surface area contributed by atoms with Crippen molar-refractivity contribution in [1.82, 2.24) is 4.90 Å². The summed E-state index contributed by atoms with van der Waals surface area (Å²) in [5.74, 6) is -1.18. The highest BCUT2D eigenvalue weighted by Crippen LogP contribution is 2.37. The number of hydrogen-bond donors (Lipinski definition) is 2. The molecule has 36 heavy (non-hydrogen) atoms. The predicted octanol–water partition coefficient (Wildman–Crippen LogP) is 4.50. The van der Waals surface area contributed by atoms with E-state index in [1.807, 2.05) is 48.5 Å². The number of ether oxygens (including phenoxy) is 1. The van der Waals surface area contributed by atoms with E-state index in [2.05, 4.69) is 29.4 Å². The van der Waals surface area contributed by atoms with Crippen LogP contribution >= 0.6 is 0 Å². The Labute approximate surface area is 212 Å². The molecule has 1 amide bonds. The molecule has 1 unspecified atom stereocenters. The molecule has 1 aliphatic rings. The SMILES string of the molecule is CCOC(=O)c1ccc2c(c1)NC(=O)C2C(=Nc1ccc(CN(C)CCCN)cc1)c1ccccc1. The van der Waals surface area contributed by atoms with Gasteiger partial charge in [-0.2, -0.15) is 0 Å². The Morgan fingerprint density at radius 1 is 1.06 bits per heavy atom. The molecular formula is C29H32N4O3. The van der Waals surface area contributed by atoms with Gasteiger partial charge in [-0.15, -0.1) is 0 Å². The second-order valence-electron chi connectivity index (χ2n) is 8.85. The molecule has 0 aliphatic carbocycles. The summed E-state index contributed by atoms with van der Waals surface area (Å²) in [5, 5.41) is 2.93. The number of nitrogens with one attached hydrogen (secondary N) is 1. The third-order valence-corrected chi connectivity index (χ3v) is 6.12. The second-order valence-corrected chi connectivity index (χ2v) is 8.85. The van der Waals surface area contributed by atoms with Gasteiger partial charge in [-0.3, -0.25) is 9.79 Å². The summed E-state index contributed by atoms with van der Waals surface area (Å²) in [7, 11) is 2.08. The third-order valence-electron chi connectivity index (χ3n) is 6.12. The van der Waals surface area contributed by atoms with E-state index in [1.54, 1.807) is 19.1 Å². The van der Waals surface area contributed by atoms with Crippen molar-refractivity contribution in [2.45, 2.75) is 25.8 Å². The Balaban J connectivity index is 1.66. The van der Waals surface area contributed by atoms with Gasteiger partial charge in [0.1, 0.15) is 5.92 Å². The summed E-state index contributed by atoms with van der Waals surface area (Å²) < 4.78 is 5.11. The van der Waals surface area contributed by atoms with Crippen LogP contribution in [0.1, 0.15) is 46.3 Å². The zero-order chi connectivity index (χ0) is 25.5. The first-order valence-corrected chi connectivity index (χ1v) is 12.2. The van der Waals surface area contributed by atoms with Gasteiger partial charge in [0, 0.05) is 12.2 Å². The molecule has 3 aromatic carbocycles. The monoisotopic (exact) mass is 484 g/mol. The molecule has 3 aromatic rings. The van der Waals surface area contributed by atoms with Crippen molar-refractivity contribution in [2.75, 3.05) is 32.1 Å². The zero-order valence-electron chi connectivity index (χ0n) is 20.7. The molecule has 3 N–H and O–H groups in total. The van der Waals surface area contributed by atoms with Gasteiger partial charge in [0.25, 0.3) is 0 Å². The molecular weight excluding hydrogens is 452 g/mol. The van der Waals surface area contributed by atoms with E-state index in [-0.39, 0.29) is 5.91 Å². The van der Waals surface area contributed by atoms with Crippen LogP contribution in [0.15, 0.2) is 77.8 Å². The highest BCUT2D eigenvalue weighted by molar-refractivity contribution is 6.24. The molecule has 0 spiro atoms. The van der Waals surface area contributed by atoms with Gasteiger partial charge in [-0.1, -0.05) is 48.5 Å². The lowest BCUT2D eigenvalue weighted by molar-refractivity contribution is -0.115. The van der Waals surface area contributed by atoms with Crippen molar-refractivity contribution in [1.29, 1.82) is 0 Å². The Morgan fingerprint density at radius 2 is 1.81 bits per heavy atom. The third kappa shape index (κ3) is 5.87. The van der Waals surface area contributed by atoms with E-state index < -0.39 is 11.9 Å². The van der Waals surface area contributed by atoms with Crippen LogP contribution in [0, 0.1) is 0 Å². The second kappa shape index (κ2) is 11.7. The molecule has 7 nitrogen and oxygen atoms in total. The topological polar surface area (TPSA) is 97.0 Å². The molecule has 7 heteroatoms. The number of fused-ring (bicyclic) bond motifs is 1. The number of hydrogen-bond acceptors (Lipinski definition) is 6. The number of esters is 1. The maximum absolute atomic E-state index is 13.2. The van der Waals surface area contributed by atoms with Gasteiger partial charge in [0.15, 0.2) is 0 Å². The maximum atomic E-state index is 13.2. The summed E-state index contributed by atoms with van der Waals surface area (Å²) in [6.45, 7) is 4.51. The van der Waals surface area contributed by atoms with Gasteiger partial charge >= 0.3 is 5.97 Å². The highest BCUT2D eigenvalue weighted by atomic mass is 16.5. The molecule has 0 fully saturated rings. The van der Waals surface area contributed by atoms with E-state index in [4.69, 9.17) is 15.5 Å². The van der Waals surface area contributed by atoms with Crippen molar-refractivity contribution < 1.29 is 14.3 Å². The first kappa shape index (κ1) is 25.3. The van der Waals surface area contributed by atoms with Crippen molar-refractivity contribution >= 4 is 29.0 Å². The average molecular weight is 485 g/mol. The van der Waals surface area contributed by atoms with Gasteiger partial charge in [-0.25, -0.2) is 4.79 Å². The van der Waals surface area contributed by atoms with E-state index in [1.165, 1.54) is 5.56 Å². The van der Waals surface area contributed by atoms with Crippen LogP contribution in [-0.4, -0.2) is 49.2 Å². The lowest BCUT2D eigenvalue weighted by Gasteiger charge is -2.16. The molecule has 0 bridgehead atoms. The molecule has 1 aliphatic heterocycles. The number of benzene rings is 3. The Kier molecular flexibility index (Phi) is 8.25. The van der Waals surface area contributed by atoms with Crippen molar-refractivity contribution in [3.8, 4) is 0 Å². The van der Waals surface area contributed by atoms with Gasteiger partial charge in [0.2, 0.25) is 5.91 Å². The maximum Gasteiger partial charge on any atom is 0.338 e. The quantitative estimate of drug-likeness (QED) is 0.326. The Morgan fingerprint density at radius 3 is 2.50 bits per heavy atom. The Bertz CT molecular complexity index is 1240. The van der Waals surface area contributed by atoms with Crippen LogP contribution in [0.5, 0.6) is 0 Å². The average Bonchev–Trinajstić information content (AvgIpc) is 3.22. The standard InChI is InChI=1S/C29H32N4O3/c1-3-36-29(35)22-12-15-24-25(18-22)32-28(34)26(24)27(21-8-5-4-6-9-21)31-23-13-10-20(11-14-23)19-33(2)17-7-16-30/h4-6,8-15,18,26H,3,7,16-17,19,30H2,1-2H3,(H,32,34). The number of amides is 1. The lowest BCUT2D eigenvalue weighted by Crippen LogP contribution is -2.22. The van der Waals surface area contributed by atoms with Crippen LogP contribution in [0.2, 0.25) is 0 Å². The first-order valence-electron chi connectivity index (χ1n) is 12.2. The minimum Gasteiger partial charge on any atom is -0.462 e. The summed E-state index contributed by atoms with van der Waals surface area (Å²) in [4.78, 5) is 32.6. The van der Waals surface area contributed by atoms with Crippen molar-refractivity contribution in [3.05, 3.63) is 95.1 Å². The zero-order valence-corrected chi connectivity index (χ0v) is 20.7. The molecule has 0 saturated heterocycles. The van der Waals surface area contributed by atoms with E-state index >= 15 is 0 Å². The van der Waals surface area contributed by atoms with Gasteiger partial charge in [-0.05, 0) is 74.4 Å². The van der Waals surface area contributed by atoms with Crippen molar-refractivity contribution in [3.63, 3.8) is 0 Å². The van der Waals surface area contributed by atoms with Crippen LogP contribution in [0.4, 0.5) is 11.4 Å². The number of nitrogens with zero attached hydrogens (tertiary/aromatic N) is 2.